The van der Waals surface area contributed by atoms with Crippen LogP contribution >= 0.6 is 0 Å². The zero-order valence-electron chi connectivity index (χ0n) is 11.1. The van der Waals surface area contributed by atoms with Crippen LogP contribution in [0.4, 0.5) is 5.69 Å². The number of nitrogens with two attached hydrogens (primary N) is 1. The molecule has 0 aromatic heterocycles. The number of benzene rings is 1. The summed E-state index contributed by atoms with van der Waals surface area (Å²) in [7, 11) is 0. The zero-order valence-corrected chi connectivity index (χ0v) is 11.1. The number of aryl methyl sites for hydroxylation is 1. The summed E-state index contributed by atoms with van der Waals surface area (Å²) in [5.74, 6) is 6.19. The molecule has 1 saturated heterocycles. The Balaban J connectivity index is 2.12. The smallest absolute Gasteiger partial charge is 0.253 e. The van der Waals surface area contributed by atoms with E-state index in [1.807, 2.05) is 30.0 Å². The first-order valence-corrected chi connectivity index (χ1v) is 6.52. The van der Waals surface area contributed by atoms with Crippen LogP contribution < -0.4 is 11.3 Å². The van der Waals surface area contributed by atoms with Crippen molar-refractivity contribution in [3.63, 3.8) is 0 Å². The lowest BCUT2D eigenvalue weighted by molar-refractivity contribution is 0.0787. The van der Waals surface area contributed by atoms with E-state index in [0.717, 1.165) is 42.7 Å². The number of rotatable bonds is 3. The molecule has 3 N–H and O–H groups in total. The fourth-order valence-electron chi connectivity index (χ4n) is 2.49. The fraction of sp³-hybridized carbons (Fsp3) is 0.500. The molecular formula is C14H21N3O. The van der Waals surface area contributed by atoms with Crippen LogP contribution in [0.25, 0.3) is 0 Å². The maximum absolute atomic E-state index is 12.3. The number of nitrogens with zero attached hydrogens (tertiary/aromatic N) is 1. The molecule has 4 nitrogen and oxygen atoms in total. The van der Waals surface area contributed by atoms with Crippen LogP contribution in [0.2, 0.25) is 0 Å². The van der Waals surface area contributed by atoms with E-state index in [-0.39, 0.29) is 5.91 Å². The summed E-state index contributed by atoms with van der Waals surface area (Å²) in [4.78, 5) is 14.3. The largest absolute Gasteiger partial charge is 0.338 e. The number of amides is 1. The summed E-state index contributed by atoms with van der Waals surface area (Å²) >= 11 is 0. The molecule has 1 aliphatic heterocycles. The minimum absolute atomic E-state index is 0.137. The lowest BCUT2D eigenvalue weighted by Gasteiger charge is -2.17. The molecule has 0 radical (unpaired) electrons. The summed E-state index contributed by atoms with van der Waals surface area (Å²) in [5, 5.41) is 0. The van der Waals surface area contributed by atoms with E-state index in [1.54, 1.807) is 0 Å². The van der Waals surface area contributed by atoms with Crippen molar-refractivity contribution in [3.8, 4) is 0 Å². The van der Waals surface area contributed by atoms with Gasteiger partial charge >= 0.3 is 0 Å². The molecule has 4 heteroatoms. The highest BCUT2D eigenvalue weighted by Crippen LogP contribution is 2.22. The third-order valence-corrected chi connectivity index (χ3v) is 3.78. The molecule has 1 amide bonds. The number of carbonyl (C=O) groups excluding carboxylic acids is 1. The minimum Gasteiger partial charge on any atom is -0.338 e. The predicted molar refractivity (Wildman–Crippen MR) is 73.3 cm³/mol. The number of anilines is 1. The highest BCUT2D eigenvalue weighted by molar-refractivity contribution is 5.95. The van der Waals surface area contributed by atoms with Gasteiger partial charge < -0.3 is 10.3 Å². The Bertz CT molecular complexity index is 445. The van der Waals surface area contributed by atoms with Gasteiger partial charge in [-0.15, -0.1) is 0 Å². The summed E-state index contributed by atoms with van der Waals surface area (Å²) in [6, 6.07) is 5.59. The van der Waals surface area contributed by atoms with E-state index in [9.17, 15) is 4.79 Å². The molecule has 2 rings (SSSR count). The van der Waals surface area contributed by atoms with Crippen molar-refractivity contribution in [1.29, 1.82) is 0 Å². The second-order valence-electron chi connectivity index (χ2n) is 4.99. The van der Waals surface area contributed by atoms with E-state index in [0.29, 0.717) is 5.92 Å². The van der Waals surface area contributed by atoms with Gasteiger partial charge in [-0.2, -0.15) is 0 Å². The molecule has 0 saturated carbocycles. The van der Waals surface area contributed by atoms with E-state index < -0.39 is 0 Å². The molecule has 1 heterocycles. The highest BCUT2D eigenvalue weighted by atomic mass is 16.2. The van der Waals surface area contributed by atoms with Crippen LogP contribution in [-0.4, -0.2) is 23.9 Å². The molecule has 1 unspecified atom stereocenters. The van der Waals surface area contributed by atoms with Crippen molar-refractivity contribution in [1.82, 2.24) is 4.90 Å². The van der Waals surface area contributed by atoms with Gasteiger partial charge in [0, 0.05) is 18.7 Å². The second kappa shape index (κ2) is 5.40. The quantitative estimate of drug-likeness (QED) is 0.635. The minimum atomic E-state index is 0.137. The Kier molecular flexibility index (Phi) is 3.87. The van der Waals surface area contributed by atoms with Gasteiger partial charge in [0.15, 0.2) is 0 Å². The molecule has 1 atom stereocenters. The lowest BCUT2D eigenvalue weighted by Crippen LogP contribution is -2.28. The van der Waals surface area contributed by atoms with Crippen molar-refractivity contribution in [2.24, 2.45) is 11.8 Å². The van der Waals surface area contributed by atoms with Crippen LogP contribution in [0.1, 0.15) is 35.7 Å². The van der Waals surface area contributed by atoms with E-state index in [1.165, 1.54) is 0 Å². The van der Waals surface area contributed by atoms with Crippen LogP contribution in [0.5, 0.6) is 0 Å². The molecule has 0 bridgehead atoms. The second-order valence-corrected chi connectivity index (χ2v) is 4.99. The number of hydrazine groups is 1. The Morgan fingerprint density at radius 1 is 1.56 bits per heavy atom. The lowest BCUT2D eigenvalue weighted by atomic mass is 10.1. The van der Waals surface area contributed by atoms with Crippen molar-refractivity contribution in [3.05, 3.63) is 29.3 Å². The summed E-state index contributed by atoms with van der Waals surface area (Å²) in [6.07, 6.45) is 2.28. The van der Waals surface area contributed by atoms with Crippen molar-refractivity contribution >= 4 is 11.6 Å². The monoisotopic (exact) mass is 247 g/mol. The number of hydrogen-bond donors (Lipinski definition) is 2. The van der Waals surface area contributed by atoms with Crippen LogP contribution in [0, 0.1) is 12.8 Å². The number of hydrogen-bond acceptors (Lipinski definition) is 3. The molecular weight excluding hydrogens is 226 g/mol. The maximum atomic E-state index is 12.3. The molecule has 1 aromatic carbocycles. The molecule has 0 spiro atoms. The first kappa shape index (κ1) is 12.9. The maximum Gasteiger partial charge on any atom is 0.253 e. The molecule has 1 aliphatic rings. The van der Waals surface area contributed by atoms with Gasteiger partial charge in [0.1, 0.15) is 0 Å². The molecule has 0 aliphatic carbocycles. The van der Waals surface area contributed by atoms with Gasteiger partial charge in [0.2, 0.25) is 0 Å². The Morgan fingerprint density at radius 3 is 2.89 bits per heavy atom. The van der Waals surface area contributed by atoms with E-state index >= 15 is 0 Å². The van der Waals surface area contributed by atoms with Crippen LogP contribution in [0.3, 0.4) is 0 Å². The highest BCUT2D eigenvalue weighted by Gasteiger charge is 2.25. The predicted octanol–water partition coefficient (Wildman–Crippen LogP) is 2.15. The van der Waals surface area contributed by atoms with Crippen molar-refractivity contribution in [2.75, 3.05) is 18.5 Å². The van der Waals surface area contributed by atoms with Crippen molar-refractivity contribution in [2.45, 2.75) is 26.7 Å². The average molecular weight is 247 g/mol. The van der Waals surface area contributed by atoms with Crippen LogP contribution in [0.15, 0.2) is 18.2 Å². The zero-order chi connectivity index (χ0) is 13.1. The summed E-state index contributed by atoms with van der Waals surface area (Å²) < 4.78 is 0. The van der Waals surface area contributed by atoms with Gasteiger partial charge in [-0.3, -0.25) is 10.6 Å². The number of likely N-dealkylation sites (tertiary alicyclic amines) is 1. The van der Waals surface area contributed by atoms with E-state index in [4.69, 9.17) is 5.84 Å². The third-order valence-electron chi connectivity index (χ3n) is 3.78. The van der Waals surface area contributed by atoms with Gasteiger partial charge in [0.05, 0.1) is 5.69 Å². The fourth-order valence-corrected chi connectivity index (χ4v) is 2.49. The standard InChI is InChI=1S/C14H21N3O/c1-3-11-6-7-17(9-11)14(18)12-4-5-13(16-15)10(2)8-12/h4-5,8,11,16H,3,6-7,9,15H2,1-2H3. The van der Waals surface area contributed by atoms with Gasteiger partial charge in [-0.25, -0.2) is 0 Å². The third kappa shape index (κ3) is 2.48. The molecule has 18 heavy (non-hydrogen) atoms. The number of carbonyl (C=O) groups is 1. The Labute approximate surface area is 108 Å². The SMILES string of the molecule is CCC1CCN(C(=O)c2ccc(NN)c(C)c2)C1. The molecule has 98 valence electrons. The normalized spacial score (nSPS) is 19.1. The molecule has 1 aromatic rings. The first-order valence-electron chi connectivity index (χ1n) is 6.52. The van der Waals surface area contributed by atoms with Crippen LogP contribution in [-0.2, 0) is 0 Å². The first-order chi connectivity index (χ1) is 8.65. The summed E-state index contributed by atoms with van der Waals surface area (Å²) in [6.45, 7) is 5.91. The van der Waals surface area contributed by atoms with E-state index in [2.05, 4.69) is 12.3 Å². The van der Waals surface area contributed by atoms with Crippen molar-refractivity contribution < 1.29 is 4.79 Å². The Morgan fingerprint density at radius 2 is 2.33 bits per heavy atom. The number of nitrogen functional groups attached to an aromatic ring is 1. The van der Waals surface area contributed by atoms with Gasteiger partial charge in [-0.05, 0) is 43.0 Å². The van der Waals surface area contributed by atoms with Gasteiger partial charge in [0.25, 0.3) is 5.91 Å². The number of nitrogens with one attached hydrogen (secondary N) is 1. The average Bonchev–Trinajstić information content (AvgIpc) is 2.86. The molecule has 1 fully saturated rings. The summed E-state index contributed by atoms with van der Waals surface area (Å²) in [5.41, 5.74) is 5.23. The topological polar surface area (TPSA) is 58.4 Å². The Hall–Kier alpha value is -1.55. The van der Waals surface area contributed by atoms with Gasteiger partial charge in [-0.1, -0.05) is 13.3 Å².